The summed E-state index contributed by atoms with van der Waals surface area (Å²) in [6.07, 6.45) is 1.13. The predicted octanol–water partition coefficient (Wildman–Crippen LogP) is 1.89. The Balaban J connectivity index is 1.67. The topological polar surface area (TPSA) is 29.3 Å². The molecule has 1 aliphatic carbocycles. The monoisotopic (exact) mass is 216 g/mol. The minimum absolute atomic E-state index is 0.825. The van der Waals surface area contributed by atoms with Crippen molar-refractivity contribution in [2.24, 2.45) is 23.5 Å². The van der Waals surface area contributed by atoms with E-state index in [2.05, 4.69) is 36.1 Å². The second-order valence-corrected chi connectivity index (χ2v) is 5.15. The van der Waals surface area contributed by atoms with Crippen molar-refractivity contribution in [3.63, 3.8) is 0 Å². The molecule has 2 aliphatic rings. The Morgan fingerprint density at radius 2 is 1.81 bits per heavy atom. The van der Waals surface area contributed by atoms with E-state index in [0.717, 1.165) is 30.7 Å². The molecule has 0 spiro atoms. The molecule has 2 fully saturated rings. The fraction of sp³-hybridized carbons (Fsp3) is 0.571. The summed E-state index contributed by atoms with van der Waals surface area (Å²) in [5, 5.41) is 0. The summed E-state index contributed by atoms with van der Waals surface area (Å²) in [5.41, 5.74) is 8.54. The van der Waals surface area contributed by atoms with Gasteiger partial charge in [-0.2, -0.15) is 0 Å². The minimum atomic E-state index is 0.825. The zero-order valence-corrected chi connectivity index (χ0v) is 9.89. The zero-order chi connectivity index (χ0) is 11.1. The van der Waals surface area contributed by atoms with Crippen LogP contribution >= 0.6 is 0 Å². The van der Waals surface area contributed by atoms with Gasteiger partial charge in [-0.3, -0.25) is 0 Å². The molecule has 0 amide bonds. The summed E-state index contributed by atoms with van der Waals surface area (Å²) in [5.74, 6) is 2.60. The molecule has 1 heterocycles. The molecule has 1 aliphatic heterocycles. The van der Waals surface area contributed by atoms with Gasteiger partial charge in [-0.25, -0.2) is 0 Å². The number of aryl methyl sites for hydroxylation is 1. The molecular weight excluding hydrogens is 196 g/mol. The summed E-state index contributed by atoms with van der Waals surface area (Å²) >= 11 is 0. The molecule has 2 unspecified atom stereocenters. The van der Waals surface area contributed by atoms with Crippen molar-refractivity contribution in [2.75, 3.05) is 24.5 Å². The Bertz CT molecular complexity index is 359. The van der Waals surface area contributed by atoms with E-state index in [9.17, 15) is 0 Å². The van der Waals surface area contributed by atoms with Crippen LogP contribution in [0.25, 0.3) is 0 Å². The van der Waals surface area contributed by atoms with E-state index in [0.29, 0.717) is 0 Å². The van der Waals surface area contributed by atoms with Gasteiger partial charge in [0, 0.05) is 18.8 Å². The van der Waals surface area contributed by atoms with Crippen LogP contribution in [0.15, 0.2) is 24.3 Å². The fourth-order valence-corrected chi connectivity index (χ4v) is 3.15. The van der Waals surface area contributed by atoms with Gasteiger partial charge in [0.1, 0.15) is 0 Å². The lowest BCUT2D eigenvalue weighted by atomic mass is 10.1. The van der Waals surface area contributed by atoms with Gasteiger partial charge in [0.05, 0.1) is 0 Å². The van der Waals surface area contributed by atoms with Gasteiger partial charge >= 0.3 is 0 Å². The Labute approximate surface area is 97.4 Å². The van der Waals surface area contributed by atoms with Crippen LogP contribution in [-0.4, -0.2) is 19.6 Å². The molecule has 1 saturated carbocycles. The molecule has 2 heteroatoms. The number of anilines is 1. The van der Waals surface area contributed by atoms with Crippen molar-refractivity contribution in [1.29, 1.82) is 0 Å². The van der Waals surface area contributed by atoms with Crippen LogP contribution in [0.1, 0.15) is 12.5 Å². The van der Waals surface area contributed by atoms with Crippen molar-refractivity contribution in [2.45, 2.75) is 13.3 Å². The largest absolute Gasteiger partial charge is 0.371 e. The molecule has 1 aromatic carbocycles. The first-order chi connectivity index (χ1) is 7.83. The maximum absolute atomic E-state index is 5.73. The molecular formula is C14H20N2. The summed E-state index contributed by atoms with van der Waals surface area (Å²) in [4.78, 5) is 2.51. The Kier molecular flexibility index (Phi) is 2.40. The van der Waals surface area contributed by atoms with Crippen molar-refractivity contribution in [3.8, 4) is 0 Å². The van der Waals surface area contributed by atoms with Gasteiger partial charge in [-0.15, -0.1) is 0 Å². The van der Waals surface area contributed by atoms with E-state index in [1.165, 1.54) is 24.3 Å². The average Bonchev–Trinajstić information content (AvgIpc) is 2.81. The van der Waals surface area contributed by atoms with Gasteiger partial charge in [-0.05, 0) is 48.4 Å². The average molecular weight is 216 g/mol. The number of rotatable bonds is 3. The molecule has 16 heavy (non-hydrogen) atoms. The molecule has 0 radical (unpaired) electrons. The van der Waals surface area contributed by atoms with E-state index in [4.69, 9.17) is 5.73 Å². The van der Waals surface area contributed by atoms with Gasteiger partial charge in [0.2, 0.25) is 0 Å². The highest BCUT2D eigenvalue weighted by atomic mass is 15.2. The lowest BCUT2D eigenvalue weighted by molar-refractivity contribution is 0.648. The van der Waals surface area contributed by atoms with Crippen LogP contribution in [0.3, 0.4) is 0 Å². The molecule has 1 saturated heterocycles. The van der Waals surface area contributed by atoms with E-state index in [-0.39, 0.29) is 0 Å². The second kappa shape index (κ2) is 3.77. The Morgan fingerprint density at radius 3 is 2.31 bits per heavy atom. The maximum atomic E-state index is 5.73. The Hall–Kier alpha value is -1.02. The summed E-state index contributed by atoms with van der Waals surface area (Å²) in [7, 11) is 0. The van der Waals surface area contributed by atoms with Gasteiger partial charge in [0.15, 0.2) is 0 Å². The summed E-state index contributed by atoms with van der Waals surface area (Å²) < 4.78 is 0. The van der Waals surface area contributed by atoms with E-state index in [1.807, 2.05) is 0 Å². The molecule has 3 rings (SSSR count). The molecule has 1 aromatic rings. The highest BCUT2D eigenvalue weighted by Gasteiger charge is 2.54. The third-order valence-corrected chi connectivity index (χ3v) is 4.35. The molecule has 2 N–H and O–H groups in total. The zero-order valence-electron chi connectivity index (χ0n) is 9.89. The maximum Gasteiger partial charge on any atom is 0.0366 e. The van der Waals surface area contributed by atoms with Crippen molar-refractivity contribution >= 4 is 5.69 Å². The normalized spacial score (nSPS) is 31.6. The van der Waals surface area contributed by atoms with Crippen molar-refractivity contribution in [1.82, 2.24) is 0 Å². The first kappa shape index (κ1) is 10.2. The minimum Gasteiger partial charge on any atom is -0.371 e. The lowest BCUT2D eigenvalue weighted by Gasteiger charge is -2.22. The van der Waals surface area contributed by atoms with E-state index >= 15 is 0 Å². The predicted molar refractivity (Wildman–Crippen MR) is 67.6 cm³/mol. The van der Waals surface area contributed by atoms with Crippen molar-refractivity contribution < 1.29 is 0 Å². The van der Waals surface area contributed by atoms with Crippen molar-refractivity contribution in [3.05, 3.63) is 29.8 Å². The quantitative estimate of drug-likeness (QED) is 0.836. The van der Waals surface area contributed by atoms with Crippen LogP contribution in [0.4, 0.5) is 5.69 Å². The number of benzene rings is 1. The highest BCUT2D eigenvalue weighted by molar-refractivity contribution is 5.50. The molecule has 0 aromatic heterocycles. The van der Waals surface area contributed by atoms with Crippen LogP contribution < -0.4 is 10.6 Å². The third-order valence-electron chi connectivity index (χ3n) is 4.35. The first-order valence-corrected chi connectivity index (χ1v) is 6.37. The van der Waals surface area contributed by atoms with Gasteiger partial charge in [0.25, 0.3) is 0 Å². The smallest absolute Gasteiger partial charge is 0.0366 e. The summed E-state index contributed by atoms with van der Waals surface area (Å²) in [6.45, 7) is 5.53. The number of fused-ring (bicyclic) bond motifs is 1. The number of nitrogens with two attached hydrogens (primary N) is 1. The molecule has 86 valence electrons. The van der Waals surface area contributed by atoms with Crippen LogP contribution in [-0.2, 0) is 6.42 Å². The van der Waals surface area contributed by atoms with Crippen LogP contribution in [0, 0.1) is 17.8 Å². The van der Waals surface area contributed by atoms with Crippen LogP contribution in [0.5, 0.6) is 0 Å². The van der Waals surface area contributed by atoms with E-state index in [1.54, 1.807) is 0 Å². The van der Waals surface area contributed by atoms with E-state index < -0.39 is 0 Å². The van der Waals surface area contributed by atoms with Gasteiger partial charge in [-0.1, -0.05) is 19.1 Å². The number of hydrogen-bond acceptors (Lipinski definition) is 2. The second-order valence-electron chi connectivity index (χ2n) is 5.15. The number of nitrogens with zero attached hydrogens (tertiary/aromatic N) is 1. The standard InChI is InChI=1S/C14H20N2/c1-2-10-3-5-11(6-4-10)16-8-13-12(7-15)14(13)9-16/h3-6,12-14H,2,7-9,15H2,1H3. The third kappa shape index (κ3) is 1.52. The fourth-order valence-electron chi connectivity index (χ4n) is 3.15. The lowest BCUT2D eigenvalue weighted by Crippen LogP contribution is -2.25. The number of piperidine rings is 1. The summed E-state index contributed by atoms with van der Waals surface area (Å²) in [6, 6.07) is 9.03. The number of hydrogen-bond donors (Lipinski definition) is 1. The SMILES string of the molecule is CCc1ccc(N2CC3C(CN)C3C2)cc1. The first-order valence-electron chi connectivity index (χ1n) is 6.37. The Morgan fingerprint density at radius 1 is 1.19 bits per heavy atom. The van der Waals surface area contributed by atoms with Gasteiger partial charge < -0.3 is 10.6 Å². The molecule has 2 nitrogen and oxygen atoms in total. The molecule has 2 atom stereocenters. The molecule has 0 bridgehead atoms. The van der Waals surface area contributed by atoms with Crippen LogP contribution in [0.2, 0.25) is 0 Å². The highest BCUT2D eigenvalue weighted by Crippen LogP contribution is 2.51.